The zero-order chi connectivity index (χ0) is 14.4. The van der Waals surface area contributed by atoms with Crippen LogP contribution in [0.5, 0.6) is 5.75 Å². The number of carbonyl (C=O) groups excluding carboxylic acids is 1. The molecule has 0 fully saturated rings. The third-order valence-corrected chi connectivity index (χ3v) is 2.84. The number of nitrogens with zero attached hydrogens (tertiary/aromatic N) is 1. The topological polar surface area (TPSA) is 51.2 Å². The van der Waals surface area contributed by atoms with Gasteiger partial charge in [0.25, 0.3) is 0 Å². The Morgan fingerprint density at radius 3 is 2.75 bits per heavy atom. The first-order chi connectivity index (χ1) is 9.63. The zero-order valence-corrected chi connectivity index (χ0v) is 11.9. The van der Waals surface area contributed by atoms with E-state index in [0.717, 1.165) is 5.75 Å². The summed E-state index contributed by atoms with van der Waals surface area (Å²) in [6.07, 6.45) is 1.79. The number of anilines is 1. The predicted octanol–water partition coefficient (Wildman–Crippen LogP) is 3.45. The number of ether oxygens (including phenoxy) is 1. The number of nitrogens with one attached hydrogen (secondary N) is 1. The van der Waals surface area contributed by atoms with Crippen molar-refractivity contribution in [2.24, 2.45) is 0 Å². The number of rotatable bonds is 5. The van der Waals surface area contributed by atoms with Crippen LogP contribution in [0, 0.1) is 6.92 Å². The Bertz CT molecular complexity index is 585. The minimum atomic E-state index is -0.160. The molecule has 1 N–H and O–H groups in total. The van der Waals surface area contributed by atoms with E-state index in [1.165, 1.54) is 5.56 Å². The molecule has 0 saturated carbocycles. The molecule has 0 unspecified atom stereocenters. The van der Waals surface area contributed by atoms with Gasteiger partial charge in [-0.3, -0.25) is 4.79 Å². The molecule has 2 aromatic rings. The van der Waals surface area contributed by atoms with Crippen LogP contribution in [0.25, 0.3) is 0 Å². The second-order valence-electron chi connectivity index (χ2n) is 4.32. The van der Waals surface area contributed by atoms with Gasteiger partial charge in [-0.15, -0.1) is 0 Å². The number of amides is 1. The van der Waals surface area contributed by atoms with Crippen LogP contribution in [0.4, 0.5) is 5.82 Å². The Kier molecular flexibility index (Phi) is 4.96. The molecule has 2 rings (SSSR count). The molecule has 0 atom stereocenters. The fraction of sp³-hybridized carbons (Fsp3) is 0.200. The molecule has 5 heteroatoms. The van der Waals surface area contributed by atoms with E-state index in [1.807, 2.05) is 31.2 Å². The summed E-state index contributed by atoms with van der Waals surface area (Å²) in [5, 5.41) is 3.20. The average molecular weight is 291 g/mol. The lowest BCUT2D eigenvalue weighted by Gasteiger charge is -2.07. The molecule has 0 aliphatic heterocycles. The molecule has 0 bridgehead atoms. The number of hydrogen-bond donors (Lipinski definition) is 1. The van der Waals surface area contributed by atoms with Crippen molar-refractivity contribution < 1.29 is 9.53 Å². The monoisotopic (exact) mass is 290 g/mol. The molecule has 0 aliphatic carbocycles. The maximum atomic E-state index is 11.7. The van der Waals surface area contributed by atoms with E-state index in [2.05, 4.69) is 10.3 Å². The van der Waals surface area contributed by atoms with Crippen molar-refractivity contribution in [2.45, 2.75) is 13.3 Å². The van der Waals surface area contributed by atoms with Gasteiger partial charge in [-0.25, -0.2) is 4.98 Å². The number of carbonyl (C=O) groups is 1. The summed E-state index contributed by atoms with van der Waals surface area (Å²) < 4.78 is 5.49. The van der Waals surface area contributed by atoms with Crippen molar-refractivity contribution in [3.63, 3.8) is 0 Å². The first-order valence-electron chi connectivity index (χ1n) is 6.24. The summed E-state index contributed by atoms with van der Waals surface area (Å²) in [6, 6.07) is 10.9. The third-order valence-electron chi connectivity index (χ3n) is 2.61. The summed E-state index contributed by atoms with van der Waals surface area (Å²) in [4.78, 5) is 15.7. The van der Waals surface area contributed by atoms with Gasteiger partial charge in [-0.2, -0.15) is 0 Å². The van der Waals surface area contributed by atoms with Gasteiger partial charge in [0.1, 0.15) is 11.6 Å². The number of aromatic nitrogens is 1. The Morgan fingerprint density at radius 2 is 2.05 bits per heavy atom. The molecule has 1 heterocycles. The minimum Gasteiger partial charge on any atom is -0.493 e. The summed E-state index contributed by atoms with van der Waals surface area (Å²) in [6.45, 7) is 2.32. The molecule has 0 aliphatic rings. The van der Waals surface area contributed by atoms with Gasteiger partial charge < -0.3 is 10.1 Å². The SMILES string of the molecule is Cc1ccc(OCCC(=O)Nc2cc(Cl)ccn2)cc1. The lowest BCUT2D eigenvalue weighted by Crippen LogP contribution is -2.15. The molecule has 1 aromatic carbocycles. The second-order valence-corrected chi connectivity index (χ2v) is 4.76. The fourth-order valence-corrected chi connectivity index (χ4v) is 1.73. The van der Waals surface area contributed by atoms with Crippen molar-refractivity contribution in [1.29, 1.82) is 0 Å². The normalized spacial score (nSPS) is 10.1. The highest BCUT2D eigenvalue weighted by molar-refractivity contribution is 6.30. The molecular formula is C15H15ClN2O2. The predicted molar refractivity (Wildman–Crippen MR) is 79.2 cm³/mol. The smallest absolute Gasteiger partial charge is 0.228 e. The van der Waals surface area contributed by atoms with Crippen molar-refractivity contribution in [1.82, 2.24) is 4.98 Å². The van der Waals surface area contributed by atoms with Crippen molar-refractivity contribution in [3.05, 3.63) is 53.2 Å². The average Bonchev–Trinajstić information content (AvgIpc) is 2.41. The molecule has 1 aromatic heterocycles. The lowest BCUT2D eigenvalue weighted by molar-refractivity contribution is -0.116. The number of benzene rings is 1. The molecule has 0 spiro atoms. The summed E-state index contributed by atoms with van der Waals surface area (Å²) in [5.41, 5.74) is 1.17. The van der Waals surface area contributed by atoms with E-state index in [4.69, 9.17) is 16.3 Å². The standard InChI is InChI=1S/C15H15ClN2O2/c1-11-2-4-13(5-3-11)20-9-7-15(19)18-14-10-12(16)6-8-17-14/h2-6,8,10H,7,9H2,1H3,(H,17,18,19). The first-order valence-corrected chi connectivity index (χ1v) is 6.62. The van der Waals surface area contributed by atoms with Crippen LogP contribution in [-0.4, -0.2) is 17.5 Å². The highest BCUT2D eigenvalue weighted by Gasteiger charge is 2.04. The van der Waals surface area contributed by atoms with Crippen LogP contribution in [0.15, 0.2) is 42.6 Å². The van der Waals surface area contributed by atoms with Gasteiger partial charge >= 0.3 is 0 Å². The zero-order valence-electron chi connectivity index (χ0n) is 11.1. The summed E-state index contributed by atoms with van der Waals surface area (Å²) in [7, 11) is 0. The number of aryl methyl sites for hydroxylation is 1. The van der Waals surface area contributed by atoms with Crippen LogP contribution >= 0.6 is 11.6 Å². The minimum absolute atomic E-state index is 0.160. The number of halogens is 1. The van der Waals surface area contributed by atoms with Crippen LogP contribution in [0.2, 0.25) is 5.02 Å². The maximum Gasteiger partial charge on any atom is 0.228 e. The van der Waals surface area contributed by atoms with E-state index >= 15 is 0 Å². The molecular weight excluding hydrogens is 276 g/mol. The summed E-state index contributed by atoms with van der Waals surface area (Å²) in [5.74, 6) is 1.04. The van der Waals surface area contributed by atoms with E-state index in [0.29, 0.717) is 17.4 Å². The van der Waals surface area contributed by atoms with Crippen LogP contribution in [0.1, 0.15) is 12.0 Å². The van der Waals surface area contributed by atoms with Crippen molar-refractivity contribution in [2.75, 3.05) is 11.9 Å². The van der Waals surface area contributed by atoms with Crippen LogP contribution < -0.4 is 10.1 Å². The molecule has 104 valence electrons. The van der Waals surface area contributed by atoms with E-state index in [9.17, 15) is 4.79 Å². The Morgan fingerprint density at radius 1 is 1.30 bits per heavy atom. The van der Waals surface area contributed by atoms with Gasteiger partial charge in [0, 0.05) is 11.2 Å². The van der Waals surface area contributed by atoms with Gasteiger partial charge in [0.05, 0.1) is 13.0 Å². The van der Waals surface area contributed by atoms with E-state index in [1.54, 1.807) is 18.3 Å². The van der Waals surface area contributed by atoms with Crippen LogP contribution in [-0.2, 0) is 4.79 Å². The maximum absolute atomic E-state index is 11.7. The van der Waals surface area contributed by atoms with Gasteiger partial charge in [0.2, 0.25) is 5.91 Å². The molecule has 0 saturated heterocycles. The largest absolute Gasteiger partial charge is 0.493 e. The third kappa shape index (κ3) is 4.55. The van der Waals surface area contributed by atoms with Crippen molar-refractivity contribution >= 4 is 23.3 Å². The van der Waals surface area contributed by atoms with E-state index < -0.39 is 0 Å². The Hall–Kier alpha value is -2.07. The highest BCUT2D eigenvalue weighted by Crippen LogP contribution is 2.13. The first kappa shape index (κ1) is 14.3. The molecule has 20 heavy (non-hydrogen) atoms. The summed E-state index contributed by atoms with van der Waals surface area (Å²) >= 11 is 5.81. The fourth-order valence-electron chi connectivity index (χ4n) is 1.57. The Balaban J connectivity index is 1.76. The number of pyridine rings is 1. The van der Waals surface area contributed by atoms with Gasteiger partial charge in [-0.1, -0.05) is 29.3 Å². The van der Waals surface area contributed by atoms with Crippen LogP contribution in [0.3, 0.4) is 0 Å². The molecule has 4 nitrogen and oxygen atoms in total. The highest BCUT2D eigenvalue weighted by atomic mass is 35.5. The quantitative estimate of drug-likeness (QED) is 0.917. The molecule has 0 radical (unpaired) electrons. The van der Waals surface area contributed by atoms with Gasteiger partial charge in [-0.05, 0) is 31.2 Å². The Labute approximate surface area is 122 Å². The van der Waals surface area contributed by atoms with E-state index in [-0.39, 0.29) is 12.3 Å². The molecule has 1 amide bonds. The van der Waals surface area contributed by atoms with Gasteiger partial charge in [0.15, 0.2) is 0 Å². The lowest BCUT2D eigenvalue weighted by atomic mass is 10.2. The second kappa shape index (κ2) is 6.91. The van der Waals surface area contributed by atoms with Crippen molar-refractivity contribution in [3.8, 4) is 5.75 Å². The number of hydrogen-bond acceptors (Lipinski definition) is 3.